The molecule has 0 unspecified atom stereocenters. The summed E-state index contributed by atoms with van der Waals surface area (Å²) in [5.74, 6) is -34.3. The molecule has 0 aromatic heterocycles. The van der Waals surface area contributed by atoms with Crippen LogP contribution in [0.15, 0.2) is 0 Å². The Kier molecular flexibility index (Phi) is 5.37. The molecule has 0 aliphatic heterocycles. The van der Waals surface area contributed by atoms with E-state index in [9.17, 15) is 79.7 Å². The van der Waals surface area contributed by atoms with Gasteiger partial charge < -0.3 is 0 Å². The van der Waals surface area contributed by atoms with Crippen molar-refractivity contribution in [2.45, 2.75) is 47.8 Å². The second-order valence-electron chi connectivity index (χ2n) is 4.47. The molecule has 0 fully saturated rings. The summed E-state index contributed by atoms with van der Waals surface area (Å²) in [6.45, 7) is 0. The Morgan fingerprint density at radius 2 is 0.577 bits per heavy atom. The Hall–Kier alpha value is -1.23. The molecule has 0 rings (SSSR count). The Morgan fingerprint density at radius 3 is 0.769 bits per heavy atom. The van der Waals surface area contributed by atoms with E-state index in [0.717, 1.165) is 0 Å². The van der Waals surface area contributed by atoms with Gasteiger partial charge in [0.25, 0.3) is 0 Å². The van der Waals surface area contributed by atoms with E-state index >= 15 is 0 Å². The first-order chi connectivity index (χ1) is 10.8. The fourth-order valence-corrected chi connectivity index (χ4v) is 1.31. The summed E-state index contributed by atoms with van der Waals surface area (Å²) in [6, 6.07) is 0. The quantitative estimate of drug-likeness (QED) is 0.517. The summed E-state index contributed by atoms with van der Waals surface area (Å²) >= 11 is 0. The maximum atomic E-state index is 13.0. The van der Waals surface area contributed by atoms with Crippen LogP contribution < -0.4 is 0 Å². The molecule has 0 spiro atoms. The minimum atomic E-state index is -8.82. The Balaban J connectivity index is 6.86. The van der Waals surface area contributed by atoms with Crippen molar-refractivity contribution in [3.63, 3.8) is 0 Å². The molecule has 0 heterocycles. The van der Waals surface area contributed by atoms with Crippen LogP contribution >= 0.6 is 0 Å². The number of hydrogen-bond acceptors (Lipinski definition) is 0. The van der Waals surface area contributed by atoms with Crippen molar-refractivity contribution in [1.29, 1.82) is 0 Å². The van der Waals surface area contributed by atoms with E-state index in [0.29, 0.717) is 0 Å². The van der Waals surface area contributed by atoms with Crippen molar-refractivity contribution in [1.82, 2.24) is 0 Å². The Bertz CT molecular complexity index is 504. The summed E-state index contributed by atoms with van der Waals surface area (Å²) < 4.78 is 210. The zero-order valence-corrected chi connectivity index (χ0v) is 10.8. The predicted octanol–water partition coefficient (Wildman–Crippen LogP) is 5.38. The van der Waals surface area contributed by atoms with Gasteiger partial charge in [0.05, 0.1) is 0 Å². The predicted molar refractivity (Wildman–Crippen MR) is 41.4 cm³/mol. The fourth-order valence-electron chi connectivity index (χ4n) is 1.31. The van der Waals surface area contributed by atoms with Gasteiger partial charge >= 0.3 is 47.8 Å². The molecule has 0 saturated heterocycles. The molecule has 0 aromatic rings. The normalized spacial score (nSPS) is 16.8. The molecule has 0 aromatic carbocycles. The van der Waals surface area contributed by atoms with E-state index in [1.54, 1.807) is 0 Å². The van der Waals surface area contributed by atoms with Crippen molar-refractivity contribution in [3.8, 4) is 0 Å². The van der Waals surface area contributed by atoms with Gasteiger partial charge in [-0.1, -0.05) is 0 Å². The van der Waals surface area contributed by atoms with Crippen LogP contribution in [0.4, 0.5) is 74.6 Å². The molecule has 0 aliphatic carbocycles. The summed E-state index contributed by atoms with van der Waals surface area (Å²) in [5.41, 5.74) is -8.59. The van der Waals surface area contributed by atoms with Gasteiger partial charge in [0.2, 0.25) is 0 Å². The maximum absolute atomic E-state index is 13.0. The highest BCUT2D eigenvalue weighted by Crippen LogP contribution is 2.64. The number of rotatable bonds is 5. The SMILES string of the molecule is [O]C(F)(F)C(F)(F)C(F)(F)C(F)(F)C(F)(F)C(F)(C(F)(F)F)C(F)(F)F. The minimum absolute atomic E-state index is 7.59. The zero-order chi connectivity index (χ0) is 22.0. The molecule has 18 heteroatoms. The van der Waals surface area contributed by atoms with Gasteiger partial charge in [-0.15, -0.1) is 0 Å². The molecule has 0 N–H and O–H groups in total. The molecule has 1 radical (unpaired) electrons. The molecule has 26 heavy (non-hydrogen) atoms. The van der Waals surface area contributed by atoms with Gasteiger partial charge in [0.15, 0.2) is 0 Å². The number of alkyl halides is 17. The summed E-state index contributed by atoms with van der Waals surface area (Å²) in [6.07, 6.45) is -23.9. The highest BCUT2D eigenvalue weighted by molar-refractivity contribution is 5.17. The van der Waals surface area contributed by atoms with Crippen LogP contribution in [0.2, 0.25) is 0 Å². The molecular formula is C8F17O. The summed E-state index contributed by atoms with van der Waals surface area (Å²) in [5, 5.41) is 9.51. The van der Waals surface area contributed by atoms with Crippen molar-refractivity contribution < 1.29 is 79.7 Å². The smallest absolute Gasteiger partial charge is 0.216 e. The lowest BCUT2D eigenvalue weighted by atomic mass is 9.85. The highest BCUT2D eigenvalue weighted by Gasteiger charge is 2.97. The molecule has 0 saturated carbocycles. The van der Waals surface area contributed by atoms with Crippen LogP contribution in [0.5, 0.6) is 0 Å². The van der Waals surface area contributed by atoms with Gasteiger partial charge in [-0.25, -0.2) is 4.39 Å². The second-order valence-corrected chi connectivity index (χ2v) is 4.47. The maximum Gasteiger partial charge on any atom is 0.452 e. The van der Waals surface area contributed by atoms with Crippen molar-refractivity contribution in [3.05, 3.63) is 0 Å². The third-order valence-electron chi connectivity index (χ3n) is 2.76. The van der Waals surface area contributed by atoms with Crippen LogP contribution in [0.1, 0.15) is 0 Å². The molecule has 157 valence electrons. The number of halogens is 17. The monoisotopic (exact) mass is 435 g/mol. The minimum Gasteiger partial charge on any atom is -0.216 e. The van der Waals surface area contributed by atoms with Gasteiger partial charge in [0, 0.05) is 0 Å². The zero-order valence-electron chi connectivity index (χ0n) is 10.8. The van der Waals surface area contributed by atoms with Crippen LogP contribution in [0.3, 0.4) is 0 Å². The van der Waals surface area contributed by atoms with Crippen molar-refractivity contribution in [2.75, 3.05) is 0 Å². The van der Waals surface area contributed by atoms with Gasteiger partial charge in [-0.05, 0) is 0 Å². The van der Waals surface area contributed by atoms with E-state index in [1.807, 2.05) is 0 Å². The first-order valence-electron chi connectivity index (χ1n) is 5.17. The highest BCUT2D eigenvalue weighted by atomic mass is 19.4. The van der Waals surface area contributed by atoms with E-state index in [4.69, 9.17) is 0 Å². The number of hydrogen-bond donors (Lipinski definition) is 0. The van der Waals surface area contributed by atoms with Crippen LogP contribution in [-0.4, -0.2) is 47.8 Å². The van der Waals surface area contributed by atoms with Gasteiger partial charge in [0.1, 0.15) is 0 Å². The van der Waals surface area contributed by atoms with Crippen molar-refractivity contribution >= 4 is 0 Å². The molecule has 0 atom stereocenters. The molecule has 0 bridgehead atoms. The third-order valence-corrected chi connectivity index (χ3v) is 2.76. The largest absolute Gasteiger partial charge is 0.452 e. The fraction of sp³-hybridized carbons (Fsp3) is 1.00. The van der Waals surface area contributed by atoms with E-state index < -0.39 is 47.8 Å². The third kappa shape index (κ3) is 2.83. The lowest BCUT2D eigenvalue weighted by Gasteiger charge is -2.43. The molecular weight excluding hydrogens is 435 g/mol. The topological polar surface area (TPSA) is 19.9 Å². The van der Waals surface area contributed by atoms with E-state index in [2.05, 4.69) is 0 Å². The van der Waals surface area contributed by atoms with Crippen molar-refractivity contribution in [2.24, 2.45) is 0 Å². The first-order valence-corrected chi connectivity index (χ1v) is 5.17. The molecule has 0 amide bonds. The van der Waals surface area contributed by atoms with Crippen LogP contribution in [0.25, 0.3) is 0 Å². The Morgan fingerprint density at radius 1 is 0.346 bits per heavy atom. The first kappa shape index (κ1) is 24.8. The van der Waals surface area contributed by atoms with Gasteiger partial charge in [-0.2, -0.15) is 75.4 Å². The van der Waals surface area contributed by atoms with Crippen LogP contribution in [0, 0.1) is 0 Å². The Labute approximate surface area is 129 Å². The lowest BCUT2D eigenvalue weighted by molar-refractivity contribution is -0.482. The average molecular weight is 435 g/mol. The average Bonchev–Trinajstić information content (AvgIpc) is 2.32. The molecule has 0 aliphatic rings. The summed E-state index contributed by atoms with van der Waals surface area (Å²) in [4.78, 5) is 0. The van der Waals surface area contributed by atoms with Gasteiger partial charge in [-0.3, -0.25) is 0 Å². The van der Waals surface area contributed by atoms with E-state index in [-0.39, 0.29) is 0 Å². The molecule has 1 nitrogen and oxygen atoms in total. The lowest BCUT2D eigenvalue weighted by Crippen LogP contribution is -2.76. The summed E-state index contributed by atoms with van der Waals surface area (Å²) in [7, 11) is 0. The second kappa shape index (κ2) is 5.63. The van der Waals surface area contributed by atoms with Crippen LogP contribution in [-0.2, 0) is 5.11 Å². The standard InChI is InChI=1S/C8F17O/c9-1(6(18,19)20,7(21,22)23)2(10,11)3(12,13)4(14,15)5(16,17)8(24,25)26. The van der Waals surface area contributed by atoms with E-state index in [1.165, 1.54) is 0 Å².